The maximum absolute atomic E-state index is 12.8. The van der Waals surface area contributed by atoms with Gasteiger partial charge in [0.05, 0.1) is 11.4 Å². The lowest BCUT2D eigenvalue weighted by Crippen LogP contribution is -2.41. The maximum atomic E-state index is 12.8. The zero-order chi connectivity index (χ0) is 20.4. The number of carbonyl (C=O) groups is 2. The van der Waals surface area contributed by atoms with E-state index in [0.29, 0.717) is 48.8 Å². The van der Waals surface area contributed by atoms with Crippen molar-refractivity contribution >= 4 is 44.5 Å². The molecular formula is C20H23N3O4S2. The molecular weight excluding hydrogens is 410 g/mol. The van der Waals surface area contributed by atoms with E-state index in [2.05, 4.69) is 5.32 Å². The highest BCUT2D eigenvalue weighted by Gasteiger charge is 2.33. The van der Waals surface area contributed by atoms with Crippen LogP contribution in [-0.2, 0) is 19.6 Å². The third-order valence-electron chi connectivity index (χ3n) is 5.44. The second-order valence-corrected chi connectivity index (χ2v) is 10.4. The van der Waals surface area contributed by atoms with Crippen molar-refractivity contribution in [1.29, 1.82) is 0 Å². The highest BCUT2D eigenvalue weighted by molar-refractivity contribution is 7.91. The molecule has 7 nitrogen and oxygen atoms in total. The number of nitrogens with zero attached hydrogens (tertiary/aromatic N) is 2. The quantitative estimate of drug-likeness (QED) is 0.786. The predicted molar refractivity (Wildman–Crippen MR) is 112 cm³/mol. The van der Waals surface area contributed by atoms with Crippen LogP contribution in [0.2, 0.25) is 0 Å². The fourth-order valence-corrected chi connectivity index (χ4v) is 6.46. The Morgan fingerprint density at radius 1 is 1.07 bits per heavy atom. The van der Waals surface area contributed by atoms with Crippen molar-refractivity contribution in [2.75, 3.05) is 29.9 Å². The van der Waals surface area contributed by atoms with Gasteiger partial charge in [-0.05, 0) is 42.8 Å². The van der Waals surface area contributed by atoms with Gasteiger partial charge in [-0.3, -0.25) is 9.59 Å². The number of hydrogen-bond acceptors (Lipinski definition) is 5. The van der Waals surface area contributed by atoms with Crippen LogP contribution in [0.25, 0.3) is 0 Å². The van der Waals surface area contributed by atoms with Gasteiger partial charge in [-0.2, -0.15) is 4.31 Å². The Labute approximate surface area is 174 Å². The molecule has 3 heterocycles. The number of rotatable bonds is 5. The van der Waals surface area contributed by atoms with Crippen molar-refractivity contribution in [2.45, 2.75) is 29.9 Å². The Kier molecular flexibility index (Phi) is 5.71. The minimum atomic E-state index is -3.47. The molecule has 4 rings (SSSR count). The second-order valence-electron chi connectivity index (χ2n) is 7.27. The SMILES string of the molecule is O=C(Nc1ccccc1N1CCCC1=O)C1CCN(S(=O)(=O)c2cccs2)CC1. The van der Waals surface area contributed by atoms with Gasteiger partial charge in [-0.1, -0.05) is 18.2 Å². The highest BCUT2D eigenvalue weighted by atomic mass is 32.2. The molecule has 0 saturated carbocycles. The van der Waals surface area contributed by atoms with Gasteiger partial charge in [0, 0.05) is 32.0 Å². The van der Waals surface area contributed by atoms with Crippen LogP contribution in [0.3, 0.4) is 0 Å². The average Bonchev–Trinajstić information content (AvgIpc) is 3.41. The molecule has 154 valence electrons. The zero-order valence-electron chi connectivity index (χ0n) is 15.9. The summed E-state index contributed by atoms with van der Waals surface area (Å²) in [5.74, 6) is -0.317. The van der Waals surface area contributed by atoms with E-state index in [4.69, 9.17) is 0 Å². The lowest BCUT2D eigenvalue weighted by molar-refractivity contribution is -0.121. The molecule has 2 aliphatic rings. The lowest BCUT2D eigenvalue weighted by atomic mass is 9.97. The molecule has 29 heavy (non-hydrogen) atoms. The first-order chi connectivity index (χ1) is 14.0. The summed E-state index contributed by atoms with van der Waals surface area (Å²) < 4.78 is 27.1. The first-order valence-corrected chi connectivity index (χ1v) is 12.0. The van der Waals surface area contributed by atoms with E-state index >= 15 is 0 Å². The molecule has 0 radical (unpaired) electrons. The van der Waals surface area contributed by atoms with E-state index in [1.165, 1.54) is 15.6 Å². The summed E-state index contributed by atoms with van der Waals surface area (Å²) in [5.41, 5.74) is 1.35. The monoisotopic (exact) mass is 433 g/mol. The summed E-state index contributed by atoms with van der Waals surface area (Å²) >= 11 is 1.21. The van der Waals surface area contributed by atoms with Gasteiger partial charge in [0.25, 0.3) is 10.0 Å². The summed E-state index contributed by atoms with van der Waals surface area (Å²) in [6.07, 6.45) is 2.29. The number of thiophene rings is 1. The molecule has 0 unspecified atom stereocenters. The standard InChI is InChI=1S/C20H23N3O4S2/c24-18-7-3-11-23(18)17-6-2-1-5-16(17)21-20(25)15-9-12-22(13-10-15)29(26,27)19-8-4-14-28-19/h1-2,4-6,8,14-15H,3,7,9-13H2,(H,21,25). The molecule has 2 saturated heterocycles. The Hall–Kier alpha value is -2.23. The van der Waals surface area contributed by atoms with Gasteiger partial charge >= 0.3 is 0 Å². The first-order valence-electron chi connectivity index (χ1n) is 9.71. The normalized spacial score (nSPS) is 18.9. The number of carbonyl (C=O) groups excluding carboxylic acids is 2. The van der Waals surface area contributed by atoms with Crippen LogP contribution in [0.4, 0.5) is 11.4 Å². The van der Waals surface area contributed by atoms with Gasteiger partial charge in [0.1, 0.15) is 4.21 Å². The summed E-state index contributed by atoms with van der Waals surface area (Å²) in [6, 6.07) is 10.7. The third kappa shape index (κ3) is 4.08. The third-order valence-corrected chi connectivity index (χ3v) is 8.71. The minimum Gasteiger partial charge on any atom is -0.324 e. The zero-order valence-corrected chi connectivity index (χ0v) is 17.5. The number of benzene rings is 1. The van der Waals surface area contributed by atoms with Crippen molar-refractivity contribution < 1.29 is 18.0 Å². The summed E-state index contributed by atoms with van der Waals surface area (Å²) in [5, 5.41) is 4.71. The van der Waals surface area contributed by atoms with E-state index < -0.39 is 10.0 Å². The summed E-state index contributed by atoms with van der Waals surface area (Å²) in [6.45, 7) is 1.31. The van der Waals surface area contributed by atoms with E-state index in [0.717, 1.165) is 12.1 Å². The van der Waals surface area contributed by atoms with Crippen LogP contribution in [0.15, 0.2) is 46.0 Å². The lowest BCUT2D eigenvalue weighted by Gasteiger charge is -2.30. The Bertz CT molecular complexity index is 996. The van der Waals surface area contributed by atoms with Gasteiger partial charge in [-0.25, -0.2) is 8.42 Å². The first kappa shape index (κ1) is 20.1. The second kappa shape index (κ2) is 8.25. The van der Waals surface area contributed by atoms with Crippen molar-refractivity contribution in [2.24, 2.45) is 5.92 Å². The van der Waals surface area contributed by atoms with Crippen LogP contribution in [0.5, 0.6) is 0 Å². The van der Waals surface area contributed by atoms with Crippen LogP contribution in [0, 0.1) is 5.92 Å². The van der Waals surface area contributed by atoms with Crippen molar-refractivity contribution in [3.63, 3.8) is 0 Å². The average molecular weight is 434 g/mol. The molecule has 1 aromatic carbocycles. The Balaban J connectivity index is 1.41. The molecule has 2 aliphatic heterocycles. The maximum Gasteiger partial charge on any atom is 0.252 e. The van der Waals surface area contributed by atoms with Crippen LogP contribution in [-0.4, -0.2) is 44.2 Å². The number of piperidine rings is 1. The van der Waals surface area contributed by atoms with Gasteiger partial charge in [-0.15, -0.1) is 11.3 Å². The number of sulfonamides is 1. The van der Waals surface area contributed by atoms with E-state index in [1.54, 1.807) is 28.5 Å². The molecule has 2 fully saturated rings. The van der Waals surface area contributed by atoms with E-state index in [-0.39, 0.29) is 17.7 Å². The van der Waals surface area contributed by atoms with Crippen molar-refractivity contribution in [3.05, 3.63) is 41.8 Å². The smallest absolute Gasteiger partial charge is 0.252 e. The molecule has 0 bridgehead atoms. The topological polar surface area (TPSA) is 86.8 Å². The molecule has 1 aromatic heterocycles. The largest absolute Gasteiger partial charge is 0.324 e. The van der Waals surface area contributed by atoms with Crippen molar-refractivity contribution in [1.82, 2.24) is 4.31 Å². The molecule has 0 aliphatic carbocycles. The van der Waals surface area contributed by atoms with Crippen LogP contribution >= 0.6 is 11.3 Å². The van der Waals surface area contributed by atoms with Gasteiger partial charge < -0.3 is 10.2 Å². The molecule has 1 N–H and O–H groups in total. The number of amides is 2. The number of para-hydroxylation sites is 2. The fourth-order valence-electron chi connectivity index (χ4n) is 3.85. The Morgan fingerprint density at radius 2 is 1.83 bits per heavy atom. The van der Waals surface area contributed by atoms with E-state index in [9.17, 15) is 18.0 Å². The molecule has 9 heteroatoms. The summed E-state index contributed by atoms with van der Waals surface area (Å²) in [4.78, 5) is 26.6. The van der Waals surface area contributed by atoms with Crippen molar-refractivity contribution in [3.8, 4) is 0 Å². The van der Waals surface area contributed by atoms with E-state index in [1.807, 2.05) is 18.2 Å². The van der Waals surface area contributed by atoms with Gasteiger partial charge in [0.2, 0.25) is 11.8 Å². The number of hydrogen-bond donors (Lipinski definition) is 1. The summed E-state index contributed by atoms with van der Waals surface area (Å²) in [7, 11) is -3.47. The highest BCUT2D eigenvalue weighted by Crippen LogP contribution is 2.31. The minimum absolute atomic E-state index is 0.0683. The number of anilines is 2. The Morgan fingerprint density at radius 3 is 2.48 bits per heavy atom. The van der Waals surface area contributed by atoms with Crippen LogP contribution in [0.1, 0.15) is 25.7 Å². The predicted octanol–water partition coefficient (Wildman–Crippen LogP) is 2.91. The van der Waals surface area contributed by atoms with Gasteiger partial charge in [0.15, 0.2) is 0 Å². The van der Waals surface area contributed by atoms with Crippen LogP contribution < -0.4 is 10.2 Å². The molecule has 0 atom stereocenters. The number of nitrogens with one attached hydrogen (secondary N) is 1. The molecule has 0 spiro atoms. The molecule has 2 aromatic rings. The molecule has 2 amide bonds. The fraction of sp³-hybridized carbons (Fsp3) is 0.400.